The van der Waals surface area contributed by atoms with E-state index >= 15 is 0 Å². The summed E-state index contributed by atoms with van der Waals surface area (Å²) in [6, 6.07) is 13.9. The summed E-state index contributed by atoms with van der Waals surface area (Å²) in [5.41, 5.74) is 1.42. The Labute approximate surface area is 184 Å². The van der Waals surface area contributed by atoms with E-state index in [4.69, 9.17) is 9.31 Å². The average molecular weight is 442 g/mol. The molecule has 164 valence electrons. The lowest BCUT2D eigenvalue weighted by molar-refractivity contribution is 0.00578. The topological polar surface area (TPSA) is 76.2 Å². The zero-order chi connectivity index (χ0) is 22.6. The number of urea groups is 1. The van der Waals surface area contributed by atoms with Crippen LogP contribution in [-0.2, 0) is 19.1 Å². The summed E-state index contributed by atoms with van der Waals surface area (Å²) in [6.07, 6.45) is 1.16. The molecule has 0 saturated carbocycles. The molecule has 0 radical (unpaired) electrons. The minimum atomic E-state index is -3.28. The van der Waals surface area contributed by atoms with Gasteiger partial charge in [-0.05, 0) is 69.6 Å². The molecule has 2 aliphatic rings. The average Bonchev–Trinajstić information content (AvgIpc) is 3.17. The number of hydrogen-bond donors (Lipinski definition) is 0. The summed E-state index contributed by atoms with van der Waals surface area (Å²) in [5.74, 6) is 0. The summed E-state index contributed by atoms with van der Waals surface area (Å²) in [6.45, 7) is 9.07. The van der Waals surface area contributed by atoms with Crippen LogP contribution in [-0.4, -0.2) is 52.1 Å². The van der Waals surface area contributed by atoms with Gasteiger partial charge in [-0.25, -0.2) is 13.2 Å². The zero-order valence-electron chi connectivity index (χ0n) is 18.5. The summed E-state index contributed by atoms with van der Waals surface area (Å²) < 4.78 is 35.6. The Kier molecular flexibility index (Phi) is 5.19. The molecular weight excluding hydrogens is 415 g/mol. The van der Waals surface area contributed by atoms with Gasteiger partial charge in [0.2, 0.25) is 0 Å². The van der Waals surface area contributed by atoms with Gasteiger partial charge in [0.05, 0.1) is 16.1 Å². The highest BCUT2D eigenvalue weighted by molar-refractivity contribution is 7.90. The molecule has 0 unspecified atom stereocenters. The van der Waals surface area contributed by atoms with Crippen molar-refractivity contribution >= 4 is 39.8 Å². The van der Waals surface area contributed by atoms with Crippen LogP contribution in [0.3, 0.4) is 0 Å². The molecule has 2 aliphatic heterocycles. The van der Waals surface area contributed by atoms with Crippen LogP contribution in [0.25, 0.3) is 0 Å². The van der Waals surface area contributed by atoms with Crippen molar-refractivity contribution in [2.24, 2.45) is 0 Å². The highest BCUT2D eigenvalue weighted by Crippen LogP contribution is 2.36. The largest absolute Gasteiger partial charge is 0.494 e. The van der Waals surface area contributed by atoms with Gasteiger partial charge in [-0.1, -0.05) is 12.1 Å². The van der Waals surface area contributed by atoms with Gasteiger partial charge in [0.15, 0.2) is 9.84 Å². The maximum atomic E-state index is 13.1. The smallest absolute Gasteiger partial charge is 0.399 e. The van der Waals surface area contributed by atoms with E-state index in [-0.39, 0.29) is 10.9 Å². The van der Waals surface area contributed by atoms with Crippen LogP contribution in [0.2, 0.25) is 0 Å². The molecule has 0 aromatic heterocycles. The molecule has 0 bridgehead atoms. The number of nitrogens with zero attached hydrogens (tertiary/aromatic N) is 2. The number of benzene rings is 2. The molecule has 2 aromatic carbocycles. The standard InChI is InChI=1S/C22H27BN2O5S/c1-21(2)22(3,4)30-23(29-21)16-7-6-8-18(15-16)25-14-13-24(20(25)26)17-9-11-19(12-10-17)31(5,27)28/h6-12,15H,13-14H2,1-5H3. The van der Waals surface area contributed by atoms with Crippen molar-refractivity contribution < 1.29 is 22.5 Å². The van der Waals surface area contributed by atoms with E-state index in [1.165, 1.54) is 12.1 Å². The fraction of sp³-hybridized carbons (Fsp3) is 0.409. The zero-order valence-corrected chi connectivity index (χ0v) is 19.3. The molecule has 0 spiro atoms. The van der Waals surface area contributed by atoms with Crippen molar-refractivity contribution in [3.8, 4) is 0 Å². The van der Waals surface area contributed by atoms with Crippen LogP contribution >= 0.6 is 0 Å². The molecule has 2 aromatic rings. The lowest BCUT2D eigenvalue weighted by atomic mass is 9.79. The third-order valence-electron chi connectivity index (χ3n) is 6.29. The van der Waals surface area contributed by atoms with Crippen LogP contribution in [0.15, 0.2) is 53.4 Å². The number of sulfone groups is 1. The summed E-state index contributed by atoms with van der Waals surface area (Å²) in [4.78, 5) is 16.7. The van der Waals surface area contributed by atoms with Crippen molar-refractivity contribution in [1.29, 1.82) is 0 Å². The molecule has 7 nitrogen and oxygen atoms in total. The van der Waals surface area contributed by atoms with Gasteiger partial charge in [-0.15, -0.1) is 0 Å². The molecular formula is C22H27BN2O5S. The molecule has 2 heterocycles. The highest BCUT2D eigenvalue weighted by Gasteiger charge is 2.51. The Bertz CT molecular complexity index is 1100. The van der Waals surface area contributed by atoms with Gasteiger partial charge in [0.25, 0.3) is 0 Å². The Balaban J connectivity index is 1.54. The van der Waals surface area contributed by atoms with Crippen molar-refractivity contribution in [1.82, 2.24) is 0 Å². The third-order valence-corrected chi connectivity index (χ3v) is 7.42. The van der Waals surface area contributed by atoms with Crippen molar-refractivity contribution in [3.63, 3.8) is 0 Å². The Hall–Kier alpha value is -2.36. The number of carbonyl (C=O) groups excluding carboxylic acids is 1. The molecule has 2 amide bonds. The first kappa shape index (κ1) is 21.9. The van der Waals surface area contributed by atoms with E-state index in [1.807, 2.05) is 52.0 Å². The summed E-state index contributed by atoms with van der Waals surface area (Å²) in [7, 11) is -3.78. The van der Waals surface area contributed by atoms with Crippen molar-refractivity contribution in [2.45, 2.75) is 43.8 Å². The number of hydrogen-bond acceptors (Lipinski definition) is 5. The first-order chi connectivity index (χ1) is 14.4. The maximum Gasteiger partial charge on any atom is 0.494 e. The third kappa shape index (κ3) is 3.97. The first-order valence-electron chi connectivity index (χ1n) is 10.2. The fourth-order valence-corrected chi connectivity index (χ4v) is 4.34. The maximum absolute atomic E-state index is 13.1. The predicted molar refractivity (Wildman–Crippen MR) is 122 cm³/mol. The van der Waals surface area contributed by atoms with Crippen LogP contribution in [0, 0.1) is 0 Å². The molecule has 2 saturated heterocycles. The molecule has 0 N–H and O–H groups in total. The number of rotatable bonds is 4. The second-order valence-electron chi connectivity index (χ2n) is 9.04. The highest BCUT2D eigenvalue weighted by atomic mass is 32.2. The molecule has 2 fully saturated rings. The Morgan fingerprint density at radius 2 is 1.42 bits per heavy atom. The van der Waals surface area contributed by atoms with E-state index in [0.29, 0.717) is 18.8 Å². The van der Waals surface area contributed by atoms with Crippen LogP contribution in [0.5, 0.6) is 0 Å². The second-order valence-corrected chi connectivity index (χ2v) is 11.1. The lowest BCUT2D eigenvalue weighted by Gasteiger charge is -2.32. The fourth-order valence-electron chi connectivity index (χ4n) is 3.71. The Morgan fingerprint density at radius 3 is 1.97 bits per heavy atom. The van der Waals surface area contributed by atoms with E-state index < -0.39 is 28.2 Å². The quantitative estimate of drug-likeness (QED) is 0.681. The lowest BCUT2D eigenvalue weighted by Crippen LogP contribution is -2.41. The van der Waals surface area contributed by atoms with Crippen molar-refractivity contribution in [3.05, 3.63) is 48.5 Å². The SMILES string of the molecule is CC1(C)OB(c2cccc(N3CCN(c4ccc(S(C)(=O)=O)cc4)C3=O)c2)OC1(C)C. The number of carbonyl (C=O) groups is 1. The minimum Gasteiger partial charge on any atom is -0.399 e. The minimum absolute atomic E-state index is 0.154. The number of amides is 2. The molecule has 31 heavy (non-hydrogen) atoms. The van der Waals surface area contributed by atoms with Crippen LogP contribution in [0.4, 0.5) is 16.2 Å². The Morgan fingerprint density at radius 1 is 0.871 bits per heavy atom. The van der Waals surface area contributed by atoms with Gasteiger partial charge in [-0.2, -0.15) is 0 Å². The predicted octanol–water partition coefficient (Wildman–Crippen LogP) is 2.84. The molecule has 4 rings (SSSR count). The van der Waals surface area contributed by atoms with E-state index in [1.54, 1.807) is 21.9 Å². The second kappa shape index (κ2) is 7.36. The van der Waals surface area contributed by atoms with Gasteiger partial charge in [0, 0.05) is 30.7 Å². The van der Waals surface area contributed by atoms with Gasteiger partial charge in [-0.3, -0.25) is 9.80 Å². The van der Waals surface area contributed by atoms with Gasteiger partial charge < -0.3 is 9.31 Å². The van der Waals surface area contributed by atoms with Crippen molar-refractivity contribution in [2.75, 3.05) is 29.1 Å². The van der Waals surface area contributed by atoms with Crippen LogP contribution < -0.4 is 15.3 Å². The normalized spacial score (nSPS) is 20.5. The van der Waals surface area contributed by atoms with E-state index in [9.17, 15) is 13.2 Å². The summed E-state index contributed by atoms with van der Waals surface area (Å²) >= 11 is 0. The first-order valence-corrected chi connectivity index (χ1v) is 12.1. The monoisotopic (exact) mass is 442 g/mol. The van der Waals surface area contributed by atoms with Crippen LogP contribution in [0.1, 0.15) is 27.7 Å². The summed E-state index contributed by atoms with van der Waals surface area (Å²) in [5, 5.41) is 0. The molecule has 9 heteroatoms. The molecule has 0 aliphatic carbocycles. The van der Waals surface area contributed by atoms with Gasteiger partial charge in [0.1, 0.15) is 0 Å². The van der Waals surface area contributed by atoms with Gasteiger partial charge >= 0.3 is 13.1 Å². The van der Waals surface area contributed by atoms with E-state index in [0.717, 1.165) is 17.4 Å². The molecule has 0 atom stereocenters. The number of anilines is 2. The van der Waals surface area contributed by atoms with E-state index in [2.05, 4.69) is 0 Å².